The van der Waals surface area contributed by atoms with Gasteiger partial charge in [-0.2, -0.15) is 0 Å². The zero-order chi connectivity index (χ0) is 28.9. The molecule has 16 heteroatoms. The number of nitrogens with one attached hydrogen (secondary N) is 1. The highest BCUT2D eigenvalue weighted by atomic mass is 32.2. The molecule has 0 spiro atoms. The zero-order valence-electron chi connectivity index (χ0n) is 22.2. The van der Waals surface area contributed by atoms with Crippen LogP contribution in [0.1, 0.15) is 26.7 Å². The second-order valence-electron chi connectivity index (χ2n) is 11.1. The van der Waals surface area contributed by atoms with Gasteiger partial charge in [0, 0.05) is 35.6 Å². The van der Waals surface area contributed by atoms with E-state index < -0.39 is 42.7 Å². The Morgan fingerprint density at radius 3 is 2.73 bits per heavy atom. The predicted molar refractivity (Wildman–Crippen MR) is 139 cm³/mol. The Balaban J connectivity index is 1.24. The second kappa shape index (κ2) is 11.2. The first-order valence-electron chi connectivity index (χ1n) is 13.3. The number of carboxylic acids is 1. The Kier molecular flexibility index (Phi) is 7.98. The number of aromatic nitrogens is 4. The molecule has 218 valence electrons. The van der Waals surface area contributed by atoms with E-state index in [0.717, 1.165) is 0 Å². The fourth-order valence-corrected chi connectivity index (χ4v) is 7.99. The number of aliphatic hydroxyl groups is 2. The van der Waals surface area contributed by atoms with Crippen LogP contribution < -0.4 is 11.1 Å². The highest BCUT2D eigenvalue weighted by Crippen LogP contribution is 2.53. The van der Waals surface area contributed by atoms with E-state index in [2.05, 4.69) is 20.8 Å². The molecule has 2 amide bonds. The maximum absolute atomic E-state index is 13.2. The molecule has 5 heterocycles. The number of hydrogen-bond acceptors (Lipinski definition) is 12. The molecule has 4 aliphatic rings. The van der Waals surface area contributed by atoms with Gasteiger partial charge in [-0.3, -0.25) is 14.4 Å². The summed E-state index contributed by atoms with van der Waals surface area (Å²) in [6, 6.07) is -2.32. The summed E-state index contributed by atoms with van der Waals surface area (Å²) in [7, 11) is 0. The second-order valence-corrected chi connectivity index (χ2v) is 12.4. The molecular formula is C24H34N8O7S. The number of likely N-dealkylation sites (tertiary alicyclic amines) is 1. The molecule has 0 unspecified atom stereocenters. The van der Waals surface area contributed by atoms with E-state index in [1.54, 1.807) is 0 Å². The molecule has 0 bridgehead atoms. The molecule has 15 nitrogen and oxygen atoms in total. The van der Waals surface area contributed by atoms with Crippen LogP contribution in [-0.2, 0) is 25.7 Å². The Bertz CT molecular complexity index is 1210. The molecule has 0 aromatic carbocycles. The van der Waals surface area contributed by atoms with Crippen molar-refractivity contribution in [2.75, 3.05) is 19.7 Å². The molecule has 3 fully saturated rings. The average Bonchev–Trinajstić information content (AvgIpc) is 3.67. The zero-order valence-corrected chi connectivity index (χ0v) is 23.0. The highest BCUT2D eigenvalue weighted by Gasteiger charge is 2.60. The number of rotatable bonds is 10. The first-order chi connectivity index (χ1) is 19.0. The smallest absolute Gasteiger partial charge is 0.353 e. The normalized spacial score (nSPS) is 34.3. The number of carbonyl (C=O) groups excluding carboxylic acids is 3. The summed E-state index contributed by atoms with van der Waals surface area (Å²) < 4.78 is 1.32. The molecule has 0 radical (unpaired) electrons. The lowest BCUT2D eigenvalue weighted by Crippen LogP contribution is -2.62. The molecule has 0 aliphatic carbocycles. The number of Topliss-reactive ketones (excluding diaryl/α,β-unsaturated/α-hetero) is 1. The minimum absolute atomic E-state index is 0.00213. The van der Waals surface area contributed by atoms with Gasteiger partial charge in [0.05, 0.1) is 42.8 Å². The SMILES string of the molecule is C[C@@H](CC(=O)Cn1cnnn1)[C@H]1C(=O)N2C(C(=O)O)=C(S[C@@H]3CN[C@H](C(=O)N4C[C@H](N)[C@@H](O)[C@H]4CO)C3)[C@H](C)[C@H]12. The van der Waals surface area contributed by atoms with Gasteiger partial charge in [-0.25, -0.2) is 9.48 Å². The van der Waals surface area contributed by atoms with Crippen LogP contribution in [0.5, 0.6) is 0 Å². The molecule has 1 aromatic heterocycles. The quantitative estimate of drug-likeness (QED) is 0.180. The van der Waals surface area contributed by atoms with Gasteiger partial charge in [-0.15, -0.1) is 16.9 Å². The van der Waals surface area contributed by atoms with E-state index in [9.17, 15) is 34.5 Å². The maximum Gasteiger partial charge on any atom is 0.353 e. The van der Waals surface area contributed by atoms with Crippen LogP contribution in [0.2, 0.25) is 0 Å². The molecule has 3 saturated heterocycles. The summed E-state index contributed by atoms with van der Waals surface area (Å²) in [6.07, 6.45) is 0.888. The first kappa shape index (κ1) is 28.6. The molecule has 4 aliphatic heterocycles. The van der Waals surface area contributed by atoms with Gasteiger partial charge in [0.1, 0.15) is 18.6 Å². The number of hydrogen-bond donors (Lipinski definition) is 5. The number of ketones is 1. The topological polar surface area (TPSA) is 217 Å². The van der Waals surface area contributed by atoms with Crippen LogP contribution in [0, 0.1) is 17.8 Å². The van der Waals surface area contributed by atoms with Gasteiger partial charge in [0.2, 0.25) is 11.8 Å². The van der Waals surface area contributed by atoms with E-state index in [1.165, 1.54) is 32.6 Å². The first-order valence-corrected chi connectivity index (χ1v) is 14.2. The lowest BCUT2D eigenvalue weighted by Gasteiger charge is -2.47. The molecule has 9 atom stereocenters. The largest absolute Gasteiger partial charge is 0.477 e. The summed E-state index contributed by atoms with van der Waals surface area (Å²) >= 11 is 1.37. The van der Waals surface area contributed by atoms with Crippen molar-refractivity contribution < 1.29 is 34.5 Å². The molecule has 40 heavy (non-hydrogen) atoms. The summed E-state index contributed by atoms with van der Waals surface area (Å²) in [5.74, 6) is -2.91. The van der Waals surface area contributed by atoms with E-state index in [1.807, 2.05) is 13.8 Å². The number of thioether (sulfide) groups is 1. The van der Waals surface area contributed by atoms with Crippen molar-refractivity contribution in [3.63, 3.8) is 0 Å². The maximum atomic E-state index is 13.2. The molecule has 5 rings (SSSR count). The number of tetrazole rings is 1. The number of β-lactam (4-membered cyclic amide) rings is 1. The van der Waals surface area contributed by atoms with E-state index >= 15 is 0 Å². The Hall–Kier alpha value is -2.92. The minimum Gasteiger partial charge on any atom is -0.477 e. The van der Waals surface area contributed by atoms with Crippen molar-refractivity contribution >= 4 is 35.3 Å². The number of nitrogens with zero attached hydrogens (tertiary/aromatic N) is 6. The van der Waals surface area contributed by atoms with Crippen LogP contribution in [0.15, 0.2) is 16.9 Å². The molecular weight excluding hydrogens is 544 g/mol. The summed E-state index contributed by atoms with van der Waals surface area (Å²) in [5, 5.41) is 43.7. The number of aliphatic hydroxyl groups excluding tert-OH is 2. The highest BCUT2D eigenvalue weighted by molar-refractivity contribution is 8.03. The van der Waals surface area contributed by atoms with Gasteiger partial charge >= 0.3 is 5.97 Å². The number of aliphatic carboxylic acids is 1. The third-order valence-corrected chi connectivity index (χ3v) is 9.99. The van der Waals surface area contributed by atoms with Crippen molar-refractivity contribution in [3.05, 3.63) is 16.9 Å². The van der Waals surface area contributed by atoms with Gasteiger partial charge in [-0.05, 0) is 22.8 Å². The lowest BCUT2D eigenvalue weighted by molar-refractivity contribution is -0.160. The van der Waals surface area contributed by atoms with E-state index in [-0.39, 0.29) is 65.9 Å². The summed E-state index contributed by atoms with van der Waals surface area (Å²) in [6.45, 7) is 3.91. The van der Waals surface area contributed by atoms with Crippen LogP contribution in [0.25, 0.3) is 0 Å². The van der Waals surface area contributed by atoms with Crippen molar-refractivity contribution in [2.24, 2.45) is 23.5 Å². The molecule has 1 aromatic rings. The fraction of sp³-hybridized carbons (Fsp3) is 0.708. The third kappa shape index (κ3) is 4.91. The average molecular weight is 579 g/mol. The van der Waals surface area contributed by atoms with Crippen LogP contribution >= 0.6 is 11.8 Å². The third-order valence-electron chi connectivity index (χ3n) is 8.48. The number of amides is 2. The molecule has 0 saturated carbocycles. The van der Waals surface area contributed by atoms with Crippen molar-refractivity contribution in [1.29, 1.82) is 0 Å². The molecule has 6 N–H and O–H groups in total. The Morgan fingerprint density at radius 2 is 2.08 bits per heavy atom. The van der Waals surface area contributed by atoms with Crippen LogP contribution in [0.4, 0.5) is 0 Å². The van der Waals surface area contributed by atoms with Gasteiger partial charge < -0.3 is 36.2 Å². The van der Waals surface area contributed by atoms with Crippen molar-refractivity contribution in [3.8, 4) is 0 Å². The minimum atomic E-state index is -1.18. The van der Waals surface area contributed by atoms with Crippen molar-refractivity contribution in [2.45, 2.75) is 68.8 Å². The number of carboxylic acid groups (broad SMARTS) is 1. The number of fused-ring (bicyclic) bond motifs is 1. The monoisotopic (exact) mass is 578 g/mol. The van der Waals surface area contributed by atoms with Crippen molar-refractivity contribution in [1.82, 2.24) is 35.3 Å². The van der Waals surface area contributed by atoms with Gasteiger partial charge in [-0.1, -0.05) is 13.8 Å². The number of nitrogens with two attached hydrogens (primary N) is 1. The fourth-order valence-electron chi connectivity index (χ4n) is 6.51. The standard InChI is InChI=1S/C24H34N8O7S/c1-10(3-12(34)6-30-9-27-28-29-30)17-18-11(2)21(19(24(38)39)32(18)23(17)37)40-13-4-15(26-5-13)22(36)31-7-14(25)20(35)16(31)8-33/h9-11,13-18,20,26,33,35H,3-8,25H2,1-2H3,(H,38,39)/t10-,11+,13-,14-,15-,16+,17+,18+,20+/m0/s1. The van der Waals surface area contributed by atoms with E-state index in [4.69, 9.17) is 5.73 Å². The van der Waals surface area contributed by atoms with Crippen LogP contribution in [-0.4, -0.2) is 124 Å². The summed E-state index contributed by atoms with van der Waals surface area (Å²) in [5.41, 5.74) is 5.87. The summed E-state index contributed by atoms with van der Waals surface area (Å²) in [4.78, 5) is 54.6. The predicted octanol–water partition coefficient (Wildman–Crippen LogP) is -2.60. The lowest BCUT2D eigenvalue weighted by atomic mass is 9.73. The van der Waals surface area contributed by atoms with Gasteiger partial charge in [0.25, 0.3) is 0 Å². The Morgan fingerprint density at radius 1 is 1.32 bits per heavy atom. The van der Waals surface area contributed by atoms with Crippen LogP contribution in [0.3, 0.4) is 0 Å². The van der Waals surface area contributed by atoms with Gasteiger partial charge in [0.15, 0.2) is 5.78 Å². The number of carbonyl (C=O) groups is 4. The van der Waals surface area contributed by atoms with E-state index in [0.29, 0.717) is 17.9 Å². The Labute approximate surface area is 234 Å².